The van der Waals surface area contributed by atoms with Crippen LogP contribution in [0.25, 0.3) is 10.9 Å². The highest BCUT2D eigenvalue weighted by molar-refractivity contribution is 7.99. The van der Waals surface area contributed by atoms with E-state index in [2.05, 4.69) is 38.2 Å². The summed E-state index contributed by atoms with van der Waals surface area (Å²) in [6, 6.07) is 11.3. The average molecular weight is 405 g/mol. The van der Waals surface area contributed by atoms with Crippen LogP contribution >= 0.6 is 35.0 Å². The van der Waals surface area contributed by atoms with Gasteiger partial charge < -0.3 is 5.32 Å². The standard InChI is InChI=1S/C20H18Cl2N2OS/c1-11-4-13(3)20-17(5-11)12(2)6-19(24-20)26-10-18(25)23-16-8-14(21)7-15(22)9-16/h4-9H,10H2,1-3H3,(H,23,25). The van der Waals surface area contributed by atoms with Crippen molar-refractivity contribution in [1.29, 1.82) is 0 Å². The average Bonchev–Trinajstić information content (AvgIpc) is 2.53. The SMILES string of the molecule is Cc1cc(C)c2nc(SCC(=O)Nc3cc(Cl)cc(Cl)c3)cc(C)c2c1. The minimum Gasteiger partial charge on any atom is -0.325 e. The maximum Gasteiger partial charge on any atom is 0.234 e. The van der Waals surface area contributed by atoms with Crippen molar-refractivity contribution in [3.05, 3.63) is 63.1 Å². The molecule has 0 saturated carbocycles. The van der Waals surface area contributed by atoms with Crippen molar-refractivity contribution in [2.24, 2.45) is 0 Å². The monoisotopic (exact) mass is 404 g/mol. The highest BCUT2D eigenvalue weighted by Crippen LogP contribution is 2.27. The van der Waals surface area contributed by atoms with E-state index in [9.17, 15) is 4.79 Å². The van der Waals surface area contributed by atoms with Crippen molar-refractivity contribution in [1.82, 2.24) is 4.98 Å². The summed E-state index contributed by atoms with van der Waals surface area (Å²) in [5.41, 5.74) is 5.09. The summed E-state index contributed by atoms with van der Waals surface area (Å²) in [7, 11) is 0. The number of rotatable bonds is 4. The second-order valence-electron chi connectivity index (χ2n) is 6.25. The maximum atomic E-state index is 12.2. The van der Waals surface area contributed by atoms with E-state index in [-0.39, 0.29) is 11.7 Å². The van der Waals surface area contributed by atoms with Crippen LogP contribution in [-0.4, -0.2) is 16.6 Å². The fraction of sp³-hybridized carbons (Fsp3) is 0.200. The number of amides is 1. The van der Waals surface area contributed by atoms with Gasteiger partial charge in [0.25, 0.3) is 0 Å². The summed E-state index contributed by atoms with van der Waals surface area (Å²) in [6.07, 6.45) is 0. The van der Waals surface area contributed by atoms with Crippen molar-refractivity contribution in [2.75, 3.05) is 11.1 Å². The molecule has 0 radical (unpaired) electrons. The van der Waals surface area contributed by atoms with E-state index < -0.39 is 0 Å². The Hall–Kier alpha value is -1.75. The second kappa shape index (κ2) is 7.87. The third kappa shape index (κ3) is 4.50. The molecule has 0 aliphatic rings. The van der Waals surface area contributed by atoms with Crippen LogP contribution in [0, 0.1) is 20.8 Å². The van der Waals surface area contributed by atoms with Crippen molar-refractivity contribution in [3.63, 3.8) is 0 Å². The van der Waals surface area contributed by atoms with Crippen LogP contribution in [-0.2, 0) is 4.79 Å². The number of aromatic nitrogens is 1. The number of anilines is 1. The Morgan fingerprint density at radius 3 is 2.38 bits per heavy atom. The molecule has 2 aromatic carbocycles. The molecule has 3 aromatic rings. The Kier molecular flexibility index (Phi) is 5.76. The van der Waals surface area contributed by atoms with Gasteiger partial charge in [0, 0.05) is 21.1 Å². The molecule has 1 N–H and O–H groups in total. The molecule has 0 fully saturated rings. The molecule has 1 aromatic heterocycles. The largest absolute Gasteiger partial charge is 0.325 e. The fourth-order valence-corrected chi connectivity index (χ4v) is 4.14. The van der Waals surface area contributed by atoms with E-state index in [1.807, 2.05) is 6.07 Å². The van der Waals surface area contributed by atoms with Gasteiger partial charge in [0.2, 0.25) is 5.91 Å². The predicted octanol–water partition coefficient (Wildman–Crippen LogP) is 6.20. The number of hydrogen-bond acceptors (Lipinski definition) is 3. The second-order valence-corrected chi connectivity index (χ2v) is 8.12. The zero-order chi connectivity index (χ0) is 18.8. The summed E-state index contributed by atoms with van der Waals surface area (Å²) >= 11 is 13.3. The van der Waals surface area contributed by atoms with Crippen LogP contribution in [0.5, 0.6) is 0 Å². The molecule has 0 aliphatic heterocycles. The van der Waals surface area contributed by atoms with Gasteiger partial charge in [-0.3, -0.25) is 4.79 Å². The molecule has 134 valence electrons. The first kappa shape index (κ1) is 19.0. The number of aryl methyl sites for hydroxylation is 3. The Morgan fingerprint density at radius 2 is 1.69 bits per heavy atom. The molecule has 0 bridgehead atoms. The number of hydrogen-bond donors (Lipinski definition) is 1. The van der Waals surface area contributed by atoms with Crippen LogP contribution < -0.4 is 5.32 Å². The summed E-state index contributed by atoms with van der Waals surface area (Å²) in [6.45, 7) is 6.22. The molecule has 0 saturated heterocycles. The molecule has 3 nitrogen and oxygen atoms in total. The zero-order valence-electron chi connectivity index (χ0n) is 14.7. The van der Waals surface area contributed by atoms with Crippen LogP contribution in [0.2, 0.25) is 10.0 Å². The van der Waals surface area contributed by atoms with Crippen LogP contribution in [0.1, 0.15) is 16.7 Å². The number of halogens is 2. The summed E-state index contributed by atoms with van der Waals surface area (Å²) in [4.78, 5) is 16.9. The van der Waals surface area contributed by atoms with Crippen molar-refractivity contribution in [3.8, 4) is 0 Å². The van der Waals surface area contributed by atoms with E-state index in [0.717, 1.165) is 27.1 Å². The molecule has 0 aliphatic carbocycles. The lowest BCUT2D eigenvalue weighted by Crippen LogP contribution is -2.14. The first-order chi connectivity index (χ1) is 12.3. The molecular formula is C20H18Cl2N2OS. The Morgan fingerprint density at radius 1 is 1.00 bits per heavy atom. The van der Waals surface area contributed by atoms with E-state index in [4.69, 9.17) is 28.2 Å². The molecule has 3 rings (SSSR count). The van der Waals surface area contributed by atoms with E-state index in [0.29, 0.717) is 15.7 Å². The van der Waals surface area contributed by atoms with Crippen LogP contribution in [0.3, 0.4) is 0 Å². The molecule has 26 heavy (non-hydrogen) atoms. The number of benzene rings is 2. The van der Waals surface area contributed by atoms with Gasteiger partial charge in [-0.1, -0.05) is 46.6 Å². The Balaban J connectivity index is 1.74. The van der Waals surface area contributed by atoms with Gasteiger partial charge >= 0.3 is 0 Å². The number of carbonyl (C=O) groups excluding carboxylic acids is 1. The number of nitrogens with one attached hydrogen (secondary N) is 1. The van der Waals surface area contributed by atoms with Gasteiger partial charge in [0.05, 0.1) is 16.3 Å². The number of fused-ring (bicyclic) bond motifs is 1. The Labute approximate surface area is 167 Å². The lowest BCUT2D eigenvalue weighted by molar-refractivity contribution is -0.113. The van der Waals surface area contributed by atoms with E-state index in [1.54, 1.807) is 18.2 Å². The van der Waals surface area contributed by atoms with Gasteiger partial charge in [-0.15, -0.1) is 0 Å². The highest BCUT2D eigenvalue weighted by Gasteiger charge is 2.10. The smallest absolute Gasteiger partial charge is 0.234 e. The zero-order valence-corrected chi connectivity index (χ0v) is 17.0. The van der Waals surface area contributed by atoms with Crippen LogP contribution in [0.15, 0.2) is 41.4 Å². The minimum atomic E-state index is -0.131. The van der Waals surface area contributed by atoms with Gasteiger partial charge in [-0.05, 0) is 62.2 Å². The number of thioether (sulfide) groups is 1. The summed E-state index contributed by atoms with van der Waals surface area (Å²) in [5.74, 6) is 0.126. The van der Waals surface area contributed by atoms with Gasteiger partial charge in [0.1, 0.15) is 0 Å². The molecule has 0 unspecified atom stereocenters. The summed E-state index contributed by atoms with van der Waals surface area (Å²) in [5, 5.41) is 5.77. The molecule has 0 spiro atoms. The maximum absolute atomic E-state index is 12.2. The predicted molar refractivity (Wildman–Crippen MR) is 112 cm³/mol. The summed E-state index contributed by atoms with van der Waals surface area (Å²) < 4.78 is 0. The van der Waals surface area contributed by atoms with Gasteiger partial charge in [-0.25, -0.2) is 4.98 Å². The molecular weight excluding hydrogens is 387 g/mol. The normalized spacial score (nSPS) is 11.0. The lowest BCUT2D eigenvalue weighted by atomic mass is 10.0. The lowest BCUT2D eigenvalue weighted by Gasteiger charge is -2.10. The highest BCUT2D eigenvalue weighted by atomic mass is 35.5. The van der Waals surface area contributed by atoms with Gasteiger partial charge in [-0.2, -0.15) is 0 Å². The molecule has 6 heteroatoms. The molecule has 0 atom stereocenters. The third-order valence-electron chi connectivity index (χ3n) is 3.93. The van der Waals surface area contributed by atoms with E-state index >= 15 is 0 Å². The van der Waals surface area contributed by atoms with Crippen molar-refractivity contribution < 1.29 is 4.79 Å². The number of pyridine rings is 1. The molecule has 1 amide bonds. The molecule has 1 heterocycles. The van der Waals surface area contributed by atoms with Crippen LogP contribution in [0.4, 0.5) is 5.69 Å². The topological polar surface area (TPSA) is 42.0 Å². The third-order valence-corrected chi connectivity index (χ3v) is 5.28. The van der Waals surface area contributed by atoms with E-state index in [1.165, 1.54) is 17.3 Å². The Bertz CT molecular complexity index is 985. The van der Waals surface area contributed by atoms with Crippen molar-refractivity contribution in [2.45, 2.75) is 25.8 Å². The van der Waals surface area contributed by atoms with Crippen molar-refractivity contribution >= 4 is 57.5 Å². The number of nitrogens with zero attached hydrogens (tertiary/aromatic N) is 1. The van der Waals surface area contributed by atoms with Gasteiger partial charge in [0.15, 0.2) is 0 Å². The quantitative estimate of drug-likeness (QED) is 0.526. The minimum absolute atomic E-state index is 0.131. The number of carbonyl (C=O) groups is 1. The first-order valence-electron chi connectivity index (χ1n) is 8.09. The first-order valence-corrected chi connectivity index (χ1v) is 9.83. The fourth-order valence-electron chi connectivity index (χ4n) is 2.85.